The quantitative estimate of drug-likeness (QED) is 0.452. The molecule has 2 aliphatic rings. The topological polar surface area (TPSA) is 35.2 Å². The normalized spacial score (nSPS) is 20.2. The zero-order chi connectivity index (χ0) is 23.0. The molecule has 4 nitrogen and oxygen atoms in total. The molecule has 0 radical (unpaired) electrons. The van der Waals surface area contributed by atoms with E-state index in [-0.39, 0.29) is 6.04 Å². The molecule has 5 heteroatoms. The molecule has 1 unspecified atom stereocenters. The fraction of sp³-hybridized carbons (Fsp3) is 0.464. The van der Waals surface area contributed by atoms with Gasteiger partial charge in [0, 0.05) is 43.1 Å². The van der Waals surface area contributed by atoms with E-state index in [0.29, 0.717) is 0 Å². The van der Waals surface area contributed by atoms with Crippen molar-refractivity contribution in [3.05, 3.63) is 88.5 Å². The van der Waals surface area contributed by atoms with E-state index in [1.54, 1.807) is 6.33 Å². The van der Waals surface area contributed by atoms with Gasteiger partial charge in [0.15, 0.2) is 0 Å². The molecule has 0 amide bonds. The molecule has 176 valence electrons. The van der Waals surface area contributed by atoms with Crippen molar-refractivity contribution in [2.24, 2.45) is 0 Å². The first kappa shape index (κ1) is 24.0. The van der Waals surface area contributed by atoms with Crippen LogP contribution in [0.15, 0.2) is 66.7 Å². The fourth-order valence-electron chi connectivity index (χ4n) is 5.33. The first-order valence-electron chi connectivity index (χ1n) is 12.4. The summed E-state index contributed by atoms with van der Waals surface area (Å²) < 4.78 is 0. The largest absolute Gasteiger partial charge is 0.348 e. The summed E-state index contributed by atoms with van der Waals surface area (Å²) in [7, 11) is 0. The van der Waals surface area contributed by atoms with Gasteiger partial charge in [0.05, 0.1) is 12.4 Å². The highest BCUT2D eigenvalue weighted by atomic mass is 35.5. The fourth-order valence-corrected chi connectivity index (χ4v) is 5.52. The van der Waals surface area contributed by atoms with Crippen LogP contribution in [0.2, 0.25) is 5.02 Å². The Balaban J connectivity index is 1.38. The monoisotopic (exact) mass is 464 g/mol. The number of H-pyrrole nitrogens is 1. The van der Waals surface area contributed by atoms with E-state index < -0.39 is 0 Å². The maximum atomic E-state index is 6.38. The Morgan fingerprint density at radius 1 is 1.15 bits per heavy atom. The van der Waals surface area contributed by atoms with Gasteiger partial charge in [0.2, 0.25) is 0 Å². The first-order valence-corrected chi connectivity index (χ1v) is 12.8. The van der Waals surface area contributed by atoms with E-state index in [9.17, 15) is 0 Å². The molecular formula is C28H37ClN4. The van der Waals surface area contributed by atoms with Gasteiger partial charge in [-0.15, -0.1) is 0 Å². The molecule has 1 atom stereocenters. The van der Waals surface area contributed by atoms with Gasteiger partial charge >= 0.3 is 0 Å². The highest BCUT2D eigenvalue weighted by molar-refractivity contribution is 6.30. The molecule has 2 aromatic rings. The molecule has 1 aliphatic heterocycles. The third-order valence-electron chi connectivity index (χ3n) is 7.06. The summed E-state index contributed by atoms with van der Waals surface area (Å²) in [6.45, 7) is 11.9. The van der Waals surface area contributed by atoms with Crippen LogP contribution in [-0.4, -0.2) is 52.5 Å². The van der Waals surface area contributed by atoms with E-state index in [1.807, 2.05) is 12.3 Å². The van der Waals surface area contributed by atoms with Crippen molar-refractivity contribution in [2.45, 2.75) is 51.5 Å². The number of aromatic amines is 1. The number of hydrogen-bond donors (Lipinski definition) is 1. The van der Waals surface area contributed by atoms with Gasteiger partial charge in [-0.1, -0.05) is 48.9 Å². The van der Waals surface area contributed by atoms with Gasteiger partial charge in [0.1, 0.15) is 0 Å². The average molecular weight is 465 g/mol. The second-order valence-corrected chi connectivity index (χ2v) is 9.63. The molecule has 1 aliphatic carbocycles. The standard InChI is InChI=1S/C28H37ClN4/c1-3-8-22-10-11-23-19-24(29)12-13-27(23)28(26(22)4-2)33-17-15-32(16-18-33)14-7-5-6-9-25-20-30-21-31-25/h3-4,8,12-13,19-21,28H,2,5-7,9-11,14-18H2,1H3,(H,30,31)/b8-3-. The molecule has 2 heterocycles. The molecular weight excluding hydrogens is 428 g/mol. The number of imidazole rings is 1. The van der Waals surface area contributed by atoms with Crippen LogP contribution in [0.3, 0.4) is 0 Å². The Hall–Kier alpha value is -2.14. The van der Waals surface area contributed by atoms with Crippen LogP contribution in [-0.2, 0) is 12.8 Å². The van der Waals surface area contributed by atoms with Crippen molar-refractivity contribution < 1.29 is 0 Å². The predicted molar refractivity (Wildman–Crippen MR) is 139 cm³/mol. The number of unbranched alkanes of at least 4 members (excludes halogenated alkanes) is 2. The third-order valence-corrected chi connectivity index (χ3v) is 7.30. The molecule has 1 aromatic carbocycles. The Morgan fingerprint density at radius 2 is 2.00 bits per heavy atom. The Kier molecular flexibility index (Phi) is 8.60. The lowest BCUT2D eigenvalue weighted by Gasteiger charge is -2.40. The smallest absolute Gasteiger partial charge is 0.0921 e. The molecule has 1 fully saturated rings. The van der Waals surface area contributed by atoms with Gasteiger partial charge in [-0.2, -0.15) is 0 Å². The number of aryl methyl sites for hydroxylation is 2. The Morgan fingerprint density at radius 3 is 2.73 bits per heavy atom. The number of piperazine rings is 1. The zero-order valence-corrected chi connectivity index (χ0v) is 20.7. The van der Waals surface area contributed by atoms with Gasteiger partial charge in [0.25, 0.3) is 0 Å². The van der Waals surface area contributed by atoms with Gasteiger partial charge in [-0.3, -0.25) is 4.90 Å². The first-order chi connectivity index (χ1) is 16.2. The van der Waals surface area contributed by atoms with Gasteiger partial charge in [-0.05, 0) is 80.0 Å². The minimum atomic E-state index is 0.264. The van der Waals surface area contributed by atoms with Crippen molar-refractivity contribution in [3.8, 4) is 0 Å². The zero-order valence-electron chi connectivity index (χ0n) is 19.9. The summed E-state index contributed by atoms with van der Waals surface area (Å²) in [6.07, 6.45) is 17.2. The number of fused-ring (bicyclic) bond motifs is 1. The number of aromatic nitrogens is 2. The highest BCUT2D eigenvalue weighted by Gasteiger charge is 2.31. The summed E-state index contributed by atoms with van der Waals surface area (Å²) in [4.78, 5) is 12.6. The average Bonchev–Trinajstić information content (AvgIpc) is 3.30. The molecule has 33 heavy (non-hydrogen) atoms. The number of benzene rings is 1. The number of halogens is 1. The van der Waals surface area contributed by atoms with Crippen LogP contribution in [0.1, 0.15) is 55.5 Å². The van der Waals surface area contributed by atoms with Crippen LogP contribution in [0, 0.1) is 0 Å². The summed E-state index contributed by atoms with van der Waals surface area (Å²) >= 11 is 6.38. The Bertz CT molecular complexity index is 968. The minimum absolute atomic E-state index is 0.264. The van der Waals surface area contributed by atoms with Gasteiger partial charge < -0.3 is 9.88 Å². The summed E-state index contributed by atoms with van der Waals surface area (Å²) in [6, 6.07) is 6.73. The maximum absolute atomic E-state index is 6.38. The highest BCUT2D eigenvalue weighted by Crippen LogP contribution is 2.39. The van der Waals surface area contributed by atoms with E-state index in [2.05, 4.69) is 63.6 Å². The minimum Gasteiger partial charge on any atom is -0.348 e. The van der Waals surface area contributed by atoms with Gasteiger partial charge in [-0.25, -0.2) is 4.98 Å². The lowest BCUT2D eigenvalue weighted by Crippen LogP contribution is -2.48. The van der Waals surface area contributed by atoms with Crippen molar-refractivity contribution in [1.29, 1.82) is 0 Å². The van der Waals surface area contributed by atoms with Crippen molar-refractivity contribution in [3.63, 3.8) is 0 Å². The van der Waals surface area contributed by atoms with Crippen LogP contribution >= 0.6 is 11.6 Å². The third kappa shape index (κ3) is 6.06. The lowest BCUT2D eigenvalue weighted by atomic mass is 9.92. The molecule has 0 spiro atoms. The van der Waals surface area contributed by atoms with E-state index in [0.717, 1.165) is 50.5 Å². The number of hydrogen-bond acceptors (Lipinski definition) is 3. The molecule has 1 aromatic heterocycles. The molecule has 4 rings (SSSR count). The molecule has 1 saturated heterocycles. The summed E-state index contributed by atoms with van der Waals surface area (Å²) in [5.41, 5.74) is 6.80. The molecule has 0 bridgehead atoms. The second-order valence-electron chi connectivity index (χ2n) is 9.20. The van der Waals surface area contributed by atoms with Crippen LogP contribution in [0.25, 0.3) is 0 Å². The summed E-state index contributed by atoms with van der Waals surface area (Å²) in [5, 5.41) is 0.833. The van der Waals surface area contributed by atoms with Crippen molar-refractivity contribution in [1.82, 2.24) is 19.8 Å². The lowest BCUT2D eigenvalue weighted by molar-refractivity contribution is 0.107. The SMILES string of the molecule is C=CC1=C(/C=C\C)CCc2cc(Cl)ccc2C1N1CCN(CCCCCc2cnc[nH]2)CC1. The van der Waals surface area contributed by atoms with Crippen LogP contribution < -0.4 is 0 Å². The molecule has 1 N–H and O–H groups in total. The van der Waals surface area contributed by atoms with Crippen molar-refractivity contribution >= 4 is 11.6 Å². The van der Waals surface area contributed by atoms with Crippen LogP contribution in [0.5, 0.6) is 0 Å². The van der Waals surface area contributed by atoms with Crippen LogP contribution in [0.4, 0.5) is 0 Å². The summed E-state index contributed by atoms with van der Waals surface area (Å²) in [5.74, 6) is 0. The number of rotatable bonds is 9. The van der Waals surface area contributed by atoms with Crippen molar-refractivity contribution in [2.75, 3.05) is 32.7 Å². The number of nitrogens with zero attached hydrogens (tertiary/aromatic N) is 3. The number of allylic oxidation sites excluding steroid dienone is 3. The van der Waals surface area contributed by atoms with E-state index >= 15 is 0 Å². The number of nitrogens with one attached hydrogen (secondary N) is 1. The predicted octanol–water partition coefficient (Wildman–Crippen LogP) is 6.14. The second kappa shape index (κ2) is 11.8. The maximum Gasteiger partial charge on any atom is 0.0921 e. The molecule has 0 saturated carbocycles. The Labute approximate surface area is 204 Å². The van der Waals surface area contributed by atoms with E-state index in [4.69, 9.17) is 11.6 Å². The van der Waals surface area contributed by atoms with E-state index in [1.165, 1.54) is 53.8 Å².